The summed E-state index contributed by atoms with van der Waals surface area (Å²) < 4.78 is 4.84. The monoisotopic (exact) mass is 443 g/mol. The molecule has 0 N–H and O–H groups in total. The third kappa shape index (κ3) is 4.66. The smallest absolute Gasteiger partial charge is 0.306 e. The highest BCUT2D eigenvalue weighted by molar-refractivity contribution is 6.22. The number of imide groups is 1. The van der Waals surface area contributed by atoms with Gasteiger partial charge in [0.15, 0.2) is 0 Å². The summed E-state index contributed by atoms with van der Waals surface area (Å²) in [7, 11) is 0. The molecule has 0 radical (unpaired) electrons. The van der Waals surface area contributed by atoms with Crippen molar-refractivity contribution in [1.29, 1.82) is 0 Å². The van der Waals surface area contributed by atoms with Gasteiger partial charge in [0.1, 0.15) is 0 Å². The predicted molar refractivity (Wildman–Crippen MR) is 115 cm³/mol. The number of carbonyl (C=O) groups is 5. The third-order valence-corrected chi connectivity index (χ3v) is 5.57. The van der Waals surface area contributed by atoms with Gasteiger partial charge in [-0.3, -0.25) is 28.9 Å². The minimum absolute atomic E-state index is 0.0409. The second-order valence-electron chi connectivity index (χ2n) is 8.85. The summed E-state index contributed by atoms with van der Waals surface area (Å²) in [4.78, 5) is 66.6. The van der Waals surface area contributed by atoms with Gasteiger partial charge in [-0.1, -0.05) is 0 Å². The number of ether oxygens (including phenoxy) is 1. The summed E-state index contributed by atoms with van der Waals surface area (Å²) in [5.74, 6) is -1.55. The third-order valence-electron chi connectivity index (χ3n) is 5.57. The summed E-state index contributed by atoms with van der Waals surface area (Å²) in [6.45, 7) is 8.79. The number of hydrogen-bond donors (Lipinski definition) is 0. The van der Waals surface area contributed by atoms with Crippen LogP contribution in [-0.2, 0) is 14.3 Å². The van der Waals surface area contributed by atoms with Crippen molar-refractivity contribution in [2.24, 2.45) is 0 Å². The highest BCUT2D eigenvalue weighted by atomic mass is 16.5. The average molecular weight is 444 g/mol. The lowest BCUT2D eigenvalue weighted by molar-refractivity contribution is -0.146. The lowest BCUT2D eigenvalue weighted by Crippen LogP contribution is -2.50. The largest absolute Gasteiger partial charge is 0.466 e. The molecule has 2 aliphatic rings. The molecule has 9 heteroatoms. The second kappa shape index (κ2) is 9.10. The number of hydrogen-bond acceptors (Lipinski definition) is 6. The molecule has 0 atom stereocenters. The van der Waals surface area contributed by atoms with Gasteiger partial charge < -0.3 is 14.5 Å². The number of amides is 4. The van der Waals surface area contributed by atoms with Gasteiger partial charge in [-0.15, -0.1) is 0 Å². The van der Waals surface area contributed by atoms with Crippen LogP contribution in [0.25, 0.3) is 0 Å². The molecule has 2 aliphatic heterocycles. The zero-order valence-electron chi connectivity index (χ0n) is 19.0. The maximum Gasteiger partial charge on any atom is 0.306 e. The van der Waals surface area contributed by atoms with E-state index in [4.69, 9.17) is 4.74 Å². The molecule has 0 aliphatic carbocycles. The van der Waals surface area contributed by atoms with Crippen molar-refractivity contribution < 1.29 is 28.7 Å². The van der Waals surface area contributed by atoms with E-state index in [0.717, 1.165) is 0 Å². The van der Waals surface area contributed by atoms with E-state index in [1.54, 1.807) is 43.6 Å². The first-order chi connectivity index (χ1) is 15.0. The van der Waals surface area contributed by atoms with Crippen molar-refractivity contribution in [3.05, 3.63) is 34.9 Å². The van der Waals surface area contributed by atoms with E-state index in [1.807, 2.05) is 0 Å². The topological polar surface area (TPSA) is 104 Å². The fraction of sp³-hybridized carbons (Fsp3) is 0.522. The molecule has 0 aromatic heterocycles. The van der Waals surface area contributed by atoms with E-state index in [9.17, 15) is 24.0 Å². The average Bonchev–Trinajstić information content (AvgIpc) is 3.01. The molecule has 0 unspecified atom stereocenters. The van der Waals surface area contributed by atoms with E-state index in [2.05, 4.69) is 0 Å². The van der Waals surface area contributed by atoms with Gasteiger partial charge in [-0.05, 0) is 45.9 Å². The van der Waals surface area contributed by atoms with Gasteiger partial charge in [-0.25, -0.2) is 0 Å². The molecule has 172 valence electrons. The Bertz CT molecular complexity index is 957. The van der Waals surface area contributed by atoms with Crippen molar-refractivity contribution in [3.8, 4) is 0 Å². The molecule has 0 saturated carbocycles. The molecule has 1 aromatic carbocycles. The Morgan fingerprint density at radius 1 is 0.906 bits per heavy atom. The number of benzene rings is 1. The molecule has 2 heterocycles. The fourth-order valence-electron chi connectivity index (χ4n) is 3.92. The van der Waals surface area contributed by atoms with E-state index in [1.165, 1.54) is 17.0 Å². The molecule has 9 nitrogen and oxygen atoms in total. The van der Waals surface area contributed by atoms with Crippen LogP contribution in [0.15, 0.2) is 18.2 Å². The zero-order chi connectivity index (χ0) is 23.6. The summed E-state index contributed by atoms with van der Waals surface area (Å²) in [6, 6.07) is 4.58. The maximum atomic E-state index is 13.0. The molecule has 32 heavy (non-hydrogen) atoms. The lowest BCUT2D eigenvalue weighted by atomic mass is 10.0. The molecule has 3 rings (SSSR count). The van der Waals surface area contributed by atoms with Crippen molar-refractivity contribution in [1.82, 2.24) is 14.7 Å². The Kier molecular flexibility index (Phi) is 6.66. The van der Waals surface area contributed by atoms with Crippen molar-refractivity contribution in [2.45, 2.75) is 46.1 Å². The Morgan fingerprint density at radius 2 is 1.50 bits per heavy atom. The molecular formula is C23H29N3O6. The van der Waals surface area contributed by atoms with Crippen LogP contribution in [0.2, 0.25) is 0 Å². The Balaban J connectivity index is 1.62. The highest BCUT2D eigenvalue weighted by Gasteiger charge is 2.42. The number of nitrogens with zero attached hydrogens (tertiary/aromatic N) is 3. The number of carbonyl (C=O) groups excluding carboxylic acids is 5. The molecule has 0 bridgehead atoms. The van der Waals surface area contributed by atoms with E-state index in [0.29, 0.717) is 37.3 Å². The molecule has 1 aromatic rings. The molecule has 1 saturated heterocycles. The van der Waals surface area contributed by atoms with Crippen LogP contribution in [-0.4, -0.2) is 82.6 Å². The normalized spacial score (nSPS) is 16.3. The van der Waals surface area contributed by atoms with Crippen LogP contribution in [0.1, 0.15) is 71.6 Å². The maximum absolute atomic E-state index is 13.0. The zero-order valence-corrected chi connectivity index (χ0v) is 19.0. The van der Waals surface area contributed by atoms with Crippen molar-refractivity contribution in [2.75, 3.05) is 32.8 Å². The van der Waals surface area contributed by atoms with Gasteiger partial charge in [0.2, 0.25) is 5.91 Å². The molecule has 1 fully saturated rings. The number of fused-ring (bicyclic) bond motifs is 1. The van der Waals surface area contributed by atoms with Gasteiger partial charge in [0.05, 0.1) is 24.2 Å². The Morgan fingerprint density at radius 3 is 2.09 bits per heavy atom. The van der Waals surface area contributed by atoms with Crippen LogP contribution in [0.4, 0.5) is 0 Å². The second-order valence-corrected chi connectivity index (χ2v) is 8.85. The van der Waals surface area contributed by atoms with Crippen LogP contribution in [0.5, 0.6) is 0 Å². The Hall–Kier alpha value is -3.23. The van der Waals surface area contributed by atoms with Crippen molar-refractivity contribution in [3.63, 3.8) is 0 Å². The Labute approximate surface area is 187 Å². The lowest BCUT2D eigenvalue weighted by Gasteiger charge is -2.35. The van der Waals surface area contributed by atoms with Crippen LogP contribution >= 0.6 is 0 Å². The van der Waals surface area contributed by atoms with Crippen LogP contribution < -0.4 is 0 Å². The highest BCUT2D eigenvalue weighted by Crippen LogP contribution is 2.30. The first-order valence-electron chi connectivity index (χ1n) is 10.8. The summed E-state index contributed by atoms with van der Waals surface area (Å²) in [6.07, 6.45) is 0.122. The van der Waals surface area contributed by atoms with E-state index < -0.39 is 17.4 Å². The van der Waals surface area contributed by atoms with E-state index >= 15 is 0 Å². The molecule has 4 amide bonds. The van der Waals surface area contributed by atoms with Crippen molar-refractivity contribution >= 4 is 29.6 Å². The fourth-order valence-corrected chi connectivity index (χ4v) is 3.92. The van der Waals surface area contributed by atoms with Crippen LogP contribution in [0, 0.1) is 0 Å². The van der Waals surface area contributed by atoms with Gasteiger partial charge >= 0.3 is 5.97 Å². The first-order valence-corrected chi connectivity index (χ1v) is 10.8. The first kappa shape index (κ1) is 23.4. The standard InChI is InChI=1S/C23H29N3O6/c1-5-32-19(28)9-8-18(27)24-10-12-25(13-11-24)20(29)15-6-7-16-17(14-15)22(31)26(21(16)30)23(2,3)4/h6-7,14H,5,8-13H2,1-4H3. The predicted octanol–water partition coefficient (Wildman–Crippen LogP) is 1.71. The minimum Gasteiger partial charge on any atom is -0.466 e. The summed E-state index contributed by atoms with van der Waals surface area (Å²) in [5, 5.41) is 0. The minimum atomic E-state index is -0.659. The van der Waals surface area contributed by atoms with Gasteiger partial charge in [0.25, 0.3) is 17.7 Å². The summed E-state index contributed by atoms with van der Waals surface area (Å²) >= 11 is 0. The summed E-state index contributed by atoms with van der Waals surface area (Å²) in [5.41, 5.74) is 0.220. The SMILES string of the molecule is CCOC(=O)CCC(=O)N1CCN(C(=O)c2ccc3c(c2)C(=O)N(C(C)(C)C)C3=O)CC1. The molecular weight excluding hydrogens is 414 g/mol. The van der Waals surface area contributed by atoms with Gasteiger partial charge in [-0.2, -0.15) is 0 Å². The molecule has 0 spiro atoms. The number of esters is 1. The number of rotatable bonds is 5. The van der Waals surface area contributed by atoms with Gasteiger partial charge in [0, 0.05) is 43.7 Å². The van der Waals surface area contributed by atoms with E-state index in [-0.39, 0.29) is 42.7 Å². The van der Waals surface area contributed by atoms with Crippen LogP contribution in [0.3, 0.4) is 0 Å². The number of piperazine rings is 1. The quantitative estimate of drug-likeness (QED) is 0.507.